The summed E-state index contributed by atoms with van der Waals surface area (Å²) in [6.07, 6.45) is 0.839. The van der Waals surface area contributed by atoms with Crippen LogP contribution in [0.2, 0.25) is 0 Å². The monoisotopic (exact) mass is 305 g/mol. The highest BCUT2D eigenvalue weighted by Gasteiger charge is 2.16. The second kappa shape index (κ2) is 5.16. The molecule has 0 N–H and O–H groups in total. The third-order valence-corrected chi connectivity index (χ3v) is 4.13. The SMILES string of the molecule is CCc1nc(C)c2c(-c3ccc(F)cc3)nc3ccccc3n12. The molecule has 4 heteroatoms. The van der Waals surface area contributed by atoms with Gasteiger partial charge in [-0.15, -0.1) is 0 Å². The van der Waals surface area contributed by atoms with E-state index in [1.807, 2.05) is 25.1 Å². The molecule has 2 aromatic carbocycles. The largest absolute Gasteiger partial charge is 0.292 e. The maximum Gasteiger partial charge on any atom is 0.123 e. The van der Waals surface area contributed by atoms with Crippen LogP contribution in [0.1, 0.15) is 18.4 Å². The Morgan fingerprint density at radius 2 is 1.74 bits per heavy atom. The fourth-order valence-electron chi connectivity index (χ4n) is 3.09. The molecule has 0 radical (unpaired) electrons. The minimum absolute atomic E-state index is 0.245. The van der Waals surface area contributed by atoms with Gasteiger partial charge >= 0.3 is 0 Å². The zero-order chi connectivity index (χ0) is 16.0. The number of aromatic nitrogens is 3. The van der Waals surface area contributed by atoms with Crippen LogP contribution in [-0.4, -0.2) is 14.4 Å². The van der Waals surface area contributed by atoms with E-state index in [0.717, 1.165) is 45.7 Å². The normalized spacial score (nSPS) is 11.4. The number of imidazole rings is 1. The molecule has 3 nitrogen and oxygen atoms in total. The zero-order valence-corrected chi connectivity index (χ0v) is 13.0. The molecule has 0 aliphatic rings. The van der Waals surface area contributed by atoms with E-state index in [2.05, 4.69) is 17.4 Å². The predicted octanol–water partition coefficient (Wildman–Crippen LogP) is 4.56. The summed E-state index contributed by atoms with van der Waals surface area (Å²) in [5, 5.41) is 0. The average Bonchev–Trinajstić information content (AvgIpc) is 2.92. The number of benzene rings is 2. The molecule has 4 aromatic rings. The Labute approximate surface area is 133 Å². The van der Waals surface area contributed by atoms with E-state index in [-0.39, 0.29) is 5.82 Å². The number of hydrogen-bond acceptors (Lipinski definition) is 2. The van der Waals surface area contributed by atoms with Gasteiger partial charge in [0.05, 0.1) is 27.9 Å². The Morgan fingerprint density at radius 3 is 2.48 bits per heavy atom. The smallest absolute Gasteiger partial charge is 0.123 e. The van der Waals surface area contributed by atoms with E-state index >= 15 is 0 Å². The molecule has 0 saturated carbocycles. The zero-order valence-electron chi connectivity index (χ0n) is 13.0. The standard InChI is InChI=1S/C19H16FN3/c1-3-17-21-12(2)19-18(13-8-10-14(20)11-9-13)22-15-6-4-5-7-16(15)23(17)19/h4-11H,3H2,1-2H3. The quantitative estimate of drug-likeness (QED) is 0.543. The van der Waals surface area contributed by atoms with Crippen molar-refractivity contribution in [2.24, 2.45) is 0 Å². The van der Waals surface area contributed by atoms with E-state index in [4.69, 9.17) is 9.97 Å². The number of fused-ring (bicyclic) bond motifs is 3. The predicted molar refractivity (Wildman–Crippen MR) is 90.0 cm³/mol. The average molecular weight is 305 g/mol. The van der Waals surface area contributed by atoms with Crippen molar-refractivity contribution in [1.82, 2.24) is 14.4 Å². The van der Waals surface area contributed by atoms with Gasteiger partial charge < -0.3 is 0 Å². The molecule has 0 fully saturated rings. The van der Waals surface area contributed by atoms with Crippen molar-refractivity contribution in [3.8, 4) is 11.3 Å². The second-order valence-electron chi connectivity index (χ2n) is 5.61. The molecule has 0 saturated heterocycles. The van der Waals surface area contributed by atoms with Gasteiger partial charge in [0.2, 0.25) is 0 Å². The van der Waals surface area contributed by atoms with Crippen molar-refractivity contribution < 1.29 is 4.39 Å². The molecular formula is C19H16FN3. The summed E-state index contributed by atoms with van der Waals surface area (Å²) in [7, 11) is 0. The molecular weight excluding hydrogens is 289 g/mol. The molecule has 4 rings (SSSR count). The van der Waals surface area contributed by atoms with Crippen LogP contribution in [0, 0.1) is 12.7 Å². The van der Waals surface area contributed by atoms with Gasteiger partial charge in [-0.25, -0.2) is 14.4 Å². The van der Waals surface area contributed by atoms with Crippen molar-refractivity contribution in [2.75, 3.05) is 0 Å². The summed E-state index contributed by atoms with van der Waals surface area (Å²) >= 11 is 0. The van der Waals surface area contributed by atoms with Crippen molar-refractivity contribution >= 4 is 16.6 Å². The number of para-hydroxylation sites is 2. The number of halogens is 1. The fraction of sp³-hybridized carbons (Fsp3) is 0.158. The number of hydrogen-bond donors (Lipinski definition) is 0. The number of nitrogens with zero attached hydrogens (tertiary/aromatic N) is 3. The molecule has 114 valence electrons. The van der Waals surface area contributed by atoms with Crippen LogP contribution in [-0.2, 0) is 6.42 Å². The van der Waals surface area contributed by atoms with Gasteiger partial charge in [0.1, 0.15) is 11.6 Å². The lowest BCUT2D eigenvalue weighted by molar-refractivity contribution is 0.628. The summed E-state index contributed by atoms with van der Waals surface area (Å²) in [6.45, 7) is 4.10. The topological polar surface area (TPSA) is 30.2 Å². The molecule has 2 aromatic heterocycles. The molecule has 0 unspecified atom stereocenters. The summed E-state index contributed by atoms with van der Waals surface area (Å²) < 4.78 is 15.4. The van der Waals surface area contributed by atoms with Crippen molar-refractivity contribution in [1.29, 1.82) is 0 Å². The van der Waals surface area contributed by atoms with Crippen molar-refractivity contribution in [3.63, 3.8) is 0 Å². The highest BCUT2D eigenvalue weighted by molar-refractivity contribution is 5.88. The number of aryl methyl sites for hydroxylation is 2. The summed E-state index contributed by atoms with van der Waals surface area (Å²) in [5.41, 5.74) is 5.63. The maximum atomic E-state index is 13.3. The van der Waals surface area contributed by atoms with Crippen molar-refractivity contribution in [3.05, 3.63) is 65.9 Å². The molecule has 0 spiro atoms. The molecule has 23 heavy (non-hydrogen) atoms. The lowest BCUT2D eigenvalue weighted by Crippen LogP contribution is -1.99. The van der Waals surface area contributed by atoms with Gasteiger partial charge in [-0.1, -0.05) is 19.1 Å². The number of rotatable bonds is 2. The molecule has 0 amide bonds. The van der Waals surface area contributed by atoms with Crippen LogP contribution >= 0.6 is 0 Å². The van der Waals surface area contributed by atoms with E-state index < -0.39 is 0 Å². The van der Waals surface area contributed by atoms with Gasteiger partial charge in [0.15, 0.2) is 0 Å². The first kappa shape index (κ1) is 13.9. The molecule has 0 bridgehead atoms. The Balaban J connectivity index is 2.18. The molecule has 0 aliphatic heterocycles. The van der Waals surface area contributed by atoms with Gasteiger partial charge in [0.25, 0.3) is 0 Å². The Bertz CT molecular complexity index is 1020. The Hall–Kier alpha value is -2.75. The fourth-order valence-corrected chi connectivity index (χ4v) is 3.09. The first-order valence-electron chi connectivity index (χ1n) is 7.71. The molecule has 0 atom stereocenters. The third kappa shape index (κ3) is 2.10. The van der Waals surface area contributed by atoms with Crippen LogP contribution in [0.3, 0.4) is 0 Å². The first-order valence-corrected chi connectivity index (χ1v) is 7.71. The summed E-state index contributed by atoms with van der Waals surface area (Å²) in [5.74, 6) is 0.768. The summed E-state index contributed by atoms with van der Waals surface area (Å²) in [4.78, 5) is 9.54. The van der Waals surface area contributed by atoms with E-state index in [9.17, 15) is 4.39 Å². The molecule has 2 heterocycles. The van der Waals surface area contributed by atoms with E-state index in [1.54, 1.807) is 12.1 Å². The van der Waals surface area contributed by atoms with Crippen LogP contribution in [0.4, 0.5) is 4.39 Å². The highest BCUT2D eigenvalue weighted by atomic mass is 19.1. The van der Waals surface area contributed by atoms with Crippen LogP contribution in [0.15, 0.2) is 48.5 Å². The Kier molecular flexibility index (Phi) is 3.11. The van der Waals surface area contributed by atoms with Crippen LogP contribution < -0.4 is 0 Å². The van der Waals surface area contributed by atoms with Gasteiger partial charge in [-0.3, -0.25) is 4.40 Å². The van der Waals surface area contributed by atoms with Gasteiger partial charge in [-0.2, -0.15) is 0 Å². The maximum absolute atomic E-state index is 13.3. The highest BCUT2D eigenvalue weighted by Crippen LogP contribution is 2.30. The van der Waals surface area contributed by atoms with Crippen LogP contribution in [0.5, 0.6) is 0 Å². The minimum atomic E-state index is -0.245. The van der Waals surface area contributed by atoms with Crippen molar-refractivity contribution in [2.45, 2.75) is 20.3 Å². The summed E-state index contributed by atoms with van der Waals surface area (Å²) in [6, 6.07) is 14.5. The lowest BCUT2D eigenvalue weighted by Gasteiger charge is -2.10. The van der Waals surface area contributed by atoms with E-state index in [1.165, 1.54) is 12.1 Å². The van der Waals surface area contributed by atoms with Gasteiger partial charge in [-0.05, 0) is 43.3 Å². The third-order valence-electron chi connectivity index (χ3n) is 4.13. The first-order chi connectivity index (χ1) is 11.2. The second-order valence-corrected chi connectivity index (χ2v) is 5.61. The lowest BCUT2D eigenvalue weighted by atomic mass is 10.1. The van der Waals surface area contributed by atoms with Gasteiger partial charge in [0, 0.05) is 12.0 Å². The minimum Gasteiger partial charge on any atom is -0.292 e. The van der Waals surface area contributed by atoms with E-state index in [0.29, 0.717) is 0 Å². The van der Waals surface area contributed by atoms with Crippen LogP contribution in [0.25, 0.3) is 27.8 Å². The molecule has 0 aliphatic carbocycles. The Morgan fingerprint density at radius 1 is 1.00 bits per heavy atom.